The van der Waals surface area contributed by atoms with Crippen LogP contribution in [0.3, 0.4) is 0 Å². The number of halogens is 2. The van der Waals surface area contributed by atoms with E-state index in [2.05, 4.69) is 5.32 Å². The van der Waals surface area contributed by atoms with Crippen LogP contribution in [0.1, 0.15) is 44.2 Å². The lowest BCUT2D eigenvalue weighted by atomic mass is 10.1. The van der Waals surface area contributed by atoms with Crippen molar-refractivity contribution in [1.29, 1.82) is 0 Å². The highest BCUT2D eigenvalue weighted by Crippen LogP contribution is 2.25. The van der Waals surface area contributed by atoms with Gasteiger partial charge in [0.25, 0.3) is 0 Å². The largest absolute Gasteiger partial charge is 0.355 e. The van der Waals surface area contributed by atoms with Gasteiger partial charge in [-0.15, -0.1) is 0 Å². The van der Waals surface area contributed by atoms with E-state index in [9.17, 15) is 18.0 Å². The van der Waals surface area contributed by atoms with E-state index in [1.807, 2.05) is 26.8 Å². The monoisotopic (exact) mass is 541 g/mol. The molecule has 2 aromatic carbocycles. The van der Waals surface area contributed by atoms with Gasteiger partial charge in [-0.1, -0.05) is 48.3 Å². The van der Waals surface area contributed by atoms with Crippen molar-refractivity contribution in [3.05, 3.63) is 63.6 Å². The molecule has 2 rings (SSSR count). The molecule has 0 saturated carbocycles. The molecule has 0 bridgehead atoms. The maximum Gasteiger partial charge on any atom is 0.242 e. The van der Waals surface area contributed by atoms with E-state index in [1.54, 1.807) is 36.4 Å². The minimum Gasteiger partial charge on any atom is -0.355 e. The van der Waals surface area contributed by atoms with Crippen molar-refractivity contribution in [3.8, 4) is 0 Å². The third kappa shape index (κ3) is 8.40. The normalized spacial score (nSPS) is 12.2. The molecule has 1 atom stereocenters. The van der Waals surface area contributed by atoms with Crippen LogP contribution < -0.4 is 9.62 Å². The molecule has 0 heterocycles. The van der Waals surface area contributed by atoms with E-state index in [0.717, 1.165) is 11.8 Å². The van der Waals surface area contributed by atoms with Gasteiger partial charge in [-0.25, -0.2) is 8.42 Å². The summed E-state index contributed by atoms with van der Waals surface area (Å²) in [7, 11) is -3.54. The Labute approximate surface area is 218 Å². The summed E-state index contributed by atoms with van der Waals surface area (Å²) in [4.78, 5) is 27.6. The van der Waals surface area contributed by atoms with Gasteiger partial charge in [-0.05, 0) is 62.1 Å². The zero-order valence-corrected chi connectivity index (χ0v) is 22.9. The van der Waals surface area contributed by atoms with Crippen molar-refractivity contribution >= 4 is 50.7 Å². The van der Waals surface area contributed by atoms with Gasteiger partial charge in [0.2, 0.25) is 21.8 Å². The summed E-state index contributed by atoms with van der Waals surface area (Å²) in [5, 5.41) is 3.67. The lowest BCUT2D eigenvalue weighted by Gasteiger charge is -2.31. The van der Waals surface area contributed by atoms with Crippen molar-refractivity contribution in [2.45, 2.75) is 52.6 Å². The van der Waals surface area contributed by atoms with Crippen LogP contribution in [0, 0.1) is 6.92 Å². The molecule has 0 unspecified atom stereocenters. The molecule has 2 amide bonds. The number of anilines is 1. The van der Waals surface area contributed by atoms with Crippen molar-refractivity contribution in [2.75, 3.05) is 23.7 Å². The summed E-state index contributed by atoms with van der Waals surface area (Å²) in [5.41, 5.74) is 2.16. The Hall–Kier alpha value is -2.29. The second-order valence-electron chi connectivity index (χ2n) is 8.35. The van der Waals surface area contributed by atoms with Crippen molar-refractivity contribution in [3.63, 3.8) is 0 Å². The van der Waals surface area contributed by atoms with Crippen LogP contribution in [0.4, 0.5) is 5.69 Å². The van der Waals surface area contributed by atoms with Crippen LogP contribution in [0.25, 0.3) is 0 Å². The third-order valence-corrected chi connectivity index (χ3v) is 7.32. The zero-order valence-electron chi connectivity index (χ0n) is 20.6. The Balaban J connectivity index is 2.24. The number of aryl methyl sites for hydroxylation is 1. The molecule has 0 spiro atoms. The van der Waals surface area contributed by atoms with E-state index in [1.165, 1.54) is 9.21 Å². The molecule has 35 heavy (non-hydrogen) atoms. The highest BCUT2D eigenvalue weighted by Gasteiger charge is 2.29. The van der Waals surface area contributed by atoms with Crippen molar-refractivity contribution < 1.29 is 18.0 Å². The van der Waals surface area contributed by atoms with Gasteiger partial charge in [-0.3, -0.25) is 13.9 Å². The van der Waals surface area contributed by atoms with Crippen LogP contribution in [0.2, 0.25) is 10.0 Å². The molecule has 0 saturated heterocycles. The molecule has 1 N–H and O–H groups in total. The highest BCUT2D eigenvalue weighted by molar-refractivity contribution is 7.92. The summed E-state index contributed by atoms with van der Waals surface area (Å²) < 4.78 is 26.2. The first-order chi connectivity index (χ1) is 16.5. The van der Waals surface area contributed by atoms with Gasteiger partial charge in [0.05, 0.1) is 11.9 Å². The minimum absolute atomic E-state index is 0.0684. The molecule has 7 nitrogen and oxygen atoms in total. The summed E-state index contributed by atoms with van der Waals surface area (Å²) in [6, 6.07) is 11.5. The maximum absolute atomic E-state index is 13.4. The molecule has 0 aromatic heterocycles. The fraction of sp³-hybridized carbons (Fsp3) is 0.440. The highest BCUT2D eigenvalue weighted by atomic mass is 35.5. The quantitative estimate of drug-likeness (QED) is 0.418. The Morgan fingerprint density at radius 1 is 1.09 bits per heavy atom. The zero-order chi connectivity index (χ0) is 26.2. The van der Waals surface area contributed by atoms with Crippen LogP contribution in [0.5, 0.6) is 0 Å². The van der Waals surface area contributed by atoms with Crippen molar-refractivity contribution in [1.82, 2.24) is 10.2 Å². The second-order valence-corrected chi connectivity index (χ2v) is 11.1. The Kier molecular flexibility index (Phi) is 10.9. The van der Waals surface area contributed by atoms with E-state index in [0.29, 0.717) is 34.3 Å². The number of sulfonamides is 1. The Morgan fingerprint density at radius 2 is 1.80 bits per heavy atom. The Bertz CT molecular complexity index is 1140. The molecule has 0 aliphatic heterocycles. The smallest absolute Gasteiger partial charge is 0.242 e. The molecule has 0 aliphatic rings. The minimum atomic E-state index is -3.54. The molecule has 192 valence electrons. The number of nitrogens with one attached hydrogen (secondary N) is 1. The van der Waals surface area contributed by atoms with Gasteiger partial charge in [-0.2, -0.15) is 0 Å². The van der Waals surface area contributed by atoms with E-state index < -0.39 is 16.1 Å². The molecule has 2 aromatic rings. The van der Waals surface area contributed by atoms with Gasteiger partial charge in [0, 0.05) is 36.1 Å². The Morgan fingerprint density at radius 3 is 2.37 bits per heavy atom. The SMILES string of the molecule is CCNC(=O)[C@@H](CC)N(Cc1ccc(Cl)cc1Cl)C(=O)CCCN(c1cccc(C)c1)S(C)(=O)=O. The number of carbonyl (C=O) groups is 2. The number of amides is 2. The standard InChI is InChI=1S/C25H33Cl2N3O4S/c1-5-23(25(32)28-6-2)29(17-19-12-13-20(26)16-22(19)27)24(31)11-8-14-30(35(4,33)34)21-10-7-9-18(3)15-21/h7,9-10,12-13,15-16,23H,5-6,8,11,14,17H2,1-4H3,(H,28,32)/t23-/m1/s1. The third-order valence-electron chi connectivity index (χ3n) is 5.53. The number of carbonyl (C=O) groups excluding carboxylic acids is 2. The van der Waals surface area contributed by atoms with E-state index in [-0.39, 0.29) is 37.7 Å². The first kappa shape index (κ1) is 28.9. The van der Waals surface area contributed by atoms with Crippen LogP contribution >= 0.6 is 23.2 Å². The van der Waals surface area contributed by atoms with Gasteiger partial charge < -0.3 is 10.2 Å². The second kappa shape index (κ2) is 13.1. The topological polar surface area (TPSA) is 86.8 Å². The predicted molar refractivity (Wildman–Crippen MR) is 142 cm³/mol. The van der Waals surface area contributed by atoms with Crippen LogP contribution in [-0.2, 0) is 26.2 Å². The molecular formula is C25H33Cl2N3O4S. The van der Waals surface area contributed by atoms with Gasteiger partial charge in [0.15, 0.2) is 0 Å². The number of rotatable bonds is 12. The summed E-state index contributed by atoms with van der Waals surface area (Å²) in [6.07, 6.45) is 1.92. The number of hydrogen-bond donors (Lipinski definition) is 1. The number of hydrogen-bond acceptors (Lipinski definition) is 4. The summed E-state index contributed by atoms with van der Waals surface area (Å²) in [5.74, 6) is -0.502. The van der Waals surface area contributed by atoms with E-state index in [4.69, 9.17) is 23.2 Å². The average molecular weight is 543 g/mol. The first-order valence-corrected chi connectivity index (χ1v) is 14.1. The molecule has 10 heteroatoms. The lowest BCUT2D eigenvalue weighted by Crippen LogP contribution is -2.49. The molecule has 0 fully saturated rings. The van der Waals surface area contributed by atoms with Gasteiger partial charge >= 0.3 is 0 Å². The number of benzene rings is 2. The lowest BCUT2D eigenvalue weighted by molar-refractivity contribution is -0.141. The number of nitrogens with zero attached hydrogens (tertiary/aromatic N) is 2. The van der Waals surface area contributed by atoms with E-state index >= 15 is 0 Å². The van der Waals surface area contributed by atoms with Crippen molar-refractivity contribution in [2.24, 2.45) is 0 Å². The maximum atomic E-state index is 13.4. The number of likely N-dealkylation sites (N-methyl/N-ethyl adjacent to an activating group) is 1. The summed E-state index contributed by atoms with van der Waals surface area (Å²) >= 11 is 12.4. The van der Waals surface area contributed by atoms with Gasteiger partial charge in [0.1, 0.15) is 6.04 Å². The fourth-order valence-electron chi connectivity index (χ4n) is 3.83. The summed E-state index contributed by atoms with van der Waals surface area (Å²) in [6.45, 7) is 6.27. The predicted octanol–water partition coefficient (Wildman–Crippen LogP) is 4.79. The first-order valence-electron chi connectivity index (χ1n) is 11.5. The van der Waals surface area contributed by atoms with Crippen LogP contribution in [0.15, 0.2) is 42.5 Å². The molecule has 0 radical (unpaired) electrons. The molecule has 0 aliphatic carbocycles. The molecular weight excluding hydrogens is 509 g/mol. The average Bonchev–Trinajstić information content (AvgIpc) is 2.77. The van der Waals surface area contributed by atoms with Crippen LogP contribution in [-0.4, -0.2) is 50.5 Å². The fourth-order valence-corrected chi connectivity index (χ4v) is 5.26.